The third-order valence-electron chi connectivity index (χ3n) is 2.63. The Balaban J connectivity index is 2.69. The number of nitrogen functional groups attached to an aromatic ring is 1. The van der Waals surface area contributed by atoms with Gasteiger partial charge in [0.1, 0.15) is 5.82 Å². The molecular weight excluding hydrogens is 204 g/mol. The molecule has 1 heterocycles. The van der Waals surface area contributed by atoms with Crippen molar-refractivity contribution < 1.29 is 4.74 Å². The van der Waals surface area contributed by atoms with Crippen LogP contribution in [0.5, 0.6) is 0 Å². The smallest absolute Gasteiger partial charge is 0.147 e. The van der Waals surface area contributed by atoms with Crippen LogP contribution in [-0.2, 0) is 18.2 Å². The van der Waals surface area contributed by atoms with E-state index in [-0.39, 0.29) is 0 Å². The molecule has 0 spiro atoms. The molecule has 0 fully saturated rings. The molecule has 0 radical (unpaired) electrons. The Bertz CT molecular complexity index is 335. The third-order valence-corrected chi connectivity index (χ3v) is 2.63. The van der Waals surface area contributed by atoms with Gasteiger partial charge >= 0.3 is 0 Å². The number of nitrogens with one attached hydrogen (secondary N) is 1. The van der Waals surface area contributed by atoms with E-state index in [4.69, 9.17) is 10.5 Å². The normalized spacial score (nSPS) is 12.8. The highest BCUT2D eigenvalue weighted by atomic mass is 16.5. The Morgan fingerprint density at radius 1 is 1.56 bits per heavy atom. The number of aryl methyl sites for hydroxylation is 2. The van der Waals surface area contributed by atoms with Gasteiger partial charge in [-0.05, 0) is 19.8 Å². The Hall–Kier alpha value is -1.23. The average Bonchev–Trinajstić information content (AvgIpc) is 2.53. The lowest BCUT2D eigenvalue weighted by molar-refractivity contribution is 0.191. The van der Waals surface area contributed by atoms with Crippen LogP contribution in [-0.4, -0.2) is 29.5 Å². The van der Waals surface area contributed by atoms with Gasteiger partial charge in [-0.2, -0.15) is 5.10 Å². The lowest BCUT2D eigenvalue weighted by Crippen LogP contribution is -2.19. The summed E-state index contributed by atoms with van der Waals surface area (Å²) in [7, 11) is 3.61. The van der Waals surface area contributed by atoms with Crippen molar-refractivity contribution in [1.29, 1.82) is 0 Å². The molecule has 0 saturated carbocycles. The number of aromatic nitrogens is 2. The predicted octanol–water partition coefficient (Wildman–Crippen LogP) is 1.40. The molecule has 0 amide bonds. The number of rotatable bonds is 6. The van der Waals surface area contributed by atoms with E-state index in [1.165, 1.54) is 0 Å². The van der Waals surface area contributed by atoms with E-state index < -0.39 is 0 Å². The van der Waals surface area contributed by atoms with Crippen molar-refractivity contribution >= 4 is 11.5 Å². The molecule has 1 aromatic rings. The van der Waals surface area contributed by atoms with Crippen LogP contribution in [0.15, 0.2) is 0 Å². The standard InChI is InChI=1S/C11H22N4O/c1-5-9-10(12)11(15(3)14-9)13-8(2)6-7-16-4/h8,13H,5-7,12H2,1-4H3. The van der Waals surface area contributed by atoms with Gasteiger partial charge in [-0.25, -0.2) is 0 Å². The van der Waals surface area contributed by atoms with Gasteiger partial charge in [-0.15, -0.1) is 0 Å². The quantitative estimate of drug-likeness (QED) is 0.769. The van der Waals surface area contributed by atoms with Gasteiger partial charge in [0, 0.05) is 26.8 Å². The van der Waals surface area contributed by atoms with E-state index in [2.05, 4.69) is 24.3 Å². The first kappa shape index (κ1) is 12.8. The topological polar surface area (TPSA) is 65.1 Å². The fraction of sp³-hybridized carbons (Fsp3) is 0.727. The molecular formula is C11H22N4O. The molecule has 1 unspecified atom stereocenters. The molecule has 92 valence electrons. The number of nitrogens with two attached hydrogens (primary N) is 1. The third kappa shape index (κ3) is 2.88. The molecule has 16 heavy (non-hydrogen) atoms. The Morgan fingerprint density at radius 2 is 2.25 bits per heavy atom. The summed E-state index contributed by atoms with van der Waals surface area (Å²) in [6, 6.07) is 0.322. The lowest BCUT2D eigenvalue weighted by Gasteiger charge is -2.15. The maximum Gasteiger partial charge on any atom is 0.147 e. The second-order valence-electron chi connectivity index (χ2n) is 4.01. The summed E-state index contributed by atoms with van der Waals surface area (Å²) in [5.41, 5.74) is 7.72. The molecule has 0 aliphatic heterocycles. The van der Waals surface area contributed by atoms with Crippen LogP contribution in [0, 0.1) is 0 Å². The molecule has 5 nitrogen and oxygen atoms in total. The number of nitrogens with zero attached hydrogens (tertiary/aromatic N) is 2. The first-order valence-corrected chi connectivity index (χ1v) is 5.66. The van der Waals surface area contributed by atoms with Crippen LogP contribution in [0.25, 0.3) is 0 Å². The Kier molecular flexibility index (Phi) is 4.61. The van der Waals surface area contributed by atoms with Gasteiger partial charge < -0.3 is 15.8 Å². The van der Waals surface area contributed by atoms with Gasteiger partial charge in [0.05, 0.1) is 11.4 Å². The summed E-state index contributed by atoms with van der Waals surface area (Å²) in [5, 5.41) is 7.72. The summed E-state index contributed by atoms with van der Waals surface area (Å²) in [4.78, 5) is 0. The maximum absolute atomic E-state index is 6.01. The molecule has 0 aromatic carbocycles. The van der Waals surface area contributed by atoms with Gasteiger partial charge in [0.2, 0.25) is 0 Å². The fourth-order valence-corrected chi connectivity index (χ4v) is 1.63. The zero-order valence-corrected chi connectivity index (χ0v) is 10.6. The zero-order valence-electron chi connectivity index (χ0n) is 10.6. The highest BCUT2D eigenvalue weighted by molar-refractivity contribution is 5.65. The van der Waals surface area contributed by atoms with Crippen molar-refractivity contribution in [3.05, 3.63) is 5.69 Å². The number of ether oxygens (including phenoxy) is 1. The van der Waals surface area contributed by atoms with Crippen LogP contribution >= 0.6 is 0 Å². The molecule has 1 aromatic heterocycles. The van der Waals surface area contributed by atoms with Crippen molar-refractivity contribution in [1.82, 2.24) is 9.78 Å². The van der Waals surface area contributed by atoms with E-state index >= 15 is 0 Å². The number of hydrogen-bond acceptors (Lipinski definition) is 4. The summed E-state index contributed by atoms with van der Waals surface area (Å²) >= 11 is 0. The highest BCUT2D eigenvalue weighted by Gasteiger charge is 2.13. The lowest BCUT2D eigenvalue weighted by atomic mass is 10.2. The SMILES string of the molecule is CCc1nn(C)c(NC(C)CCOC)c1N. The molecule has 5 heteroatoms. The largest absolute Gasteiger partial charge is 0.394 e. The molecule has 0 bridgehead atoms. The van der Waals surface area contributed by atoms with Crippen LogP contribution < -0.4 is 11.1 Å². The summed E-state index contributed by atoms with van der Waals surface area (Å²) in [5.74, 6) is 0.903. The Labute approximate surface area is 97.0 Å². The zero-order chi connectivity index (χ0) is 12.1. The minimum absolute atomic E-state index is 0.322. The highest BCUT2D eigenvalue weighted by Crippen LogP contribution is 2.23. The van der Waals surface area contributed by atoms with E-state index in [1.54, 1.807) is 11.8 Å². The first-order valence-electron chi connectivity index (χ1n) is 5.66. The molecule has 0 saturated heterocycles. The van der Waals surface area contributed by atoms with E-state index in [0.29, 0.717) is 6.04 Å². The molecule has 0 aliphatic carbocycles. The minimum Gasteiger partial charge on any atom is -0.394 e. The maximum atomic E-state index is 6.01. The van der Waals surface area contributed by atoms with Crippen LogP contribution in [0.3, 0.4) is 0 Å². The second kappa shape index (κ2) is 5.75. The Morgan fingerprint density at radius 3 is 2.75 bits per heavy atom. The second-order valence-corrected chi connectivity index (χ2v) is 4.01. The number of anilines is 2. The van der Waals surface area contributed by atoms with Crippen LogP contribution in [0.2, 0.25) is 0 Å². The summed E-state index contributed by atoms with van der Waals surface area (Å²) < 4.78 is 6.85. The van der Waals surface area contributed by atoms with Gasteiger partial charge in [0.15, 0.2) is 0 Å². The van der Waals surface area contributed by atoms with E-state index in [9.17, 15) is 0 Å². The molecule has 1 rings (SSSR count). The number of methoxy groups -OCH3 is 1. The van der Waals surface area contributed by atoms with Crippen molar-refractivity contribution in [2.75, 3.05) is 24.8 Å². The monoisotopic (exact) mass is 226 g/mol. The molecule has 1 atom stereocenters. The number of hydrogen-bond donors (Lipinski definition) is 2. The first-order chi connectivity index (χ1) is 7.60. The van der Waals surface area contributed by atoms with Crippen molar-refractivity contribution in [3.63, 3.8) is 0 Å². The molecule has 3 N–H and O–H groups in total. The fourth-order valence-electron chi connectivity index (χ4n) is 1.63. The minimum atomic E-state index is 0.322. The van der Waals surface area contributed by atoms with Crippen molar-refractivity contribution in [3.8, 4) is 0 Å². The molecule has 0 aliphatic rings. The van der Waals surface area contributed by atoms with Gasteiger partial charge in [-0.3, -0.25) is 4.68 Å². The summed E-state index contributed by atoms with van der Waals surface area (Å²) in [6.45, 7) is 4.90. The van der Waals surface area contributed by atoms with E-state index in [0.717, 1.165) is 36.6 Å². The van der Waals surface area contributed by atoms with Crippen molar-refractivity contribution in [2.24, 2.45) is 7.05 Å². The van der Waals surface area contributed by atoms with Crippen LogP contribution in [0.4, 0.5) is 11.5 Å². The van der Waals surface area contributed by atoms with Gasteiger partial charge in [-0.1, -0.05) is 6.92 Å². The average molecular weight is 226 g/mol. The van der Waals surface area contributed by atoms with Crippen LogP contribution in [0.1, 0.15) is 26.0 Å². The predicted molar refractivity (Wildman–Crippen MR) is 66.6 cm³/mol. The van der Waals surface area contributed by atoms with E-state index in [1.807, 2.05) is 7.05 Å². The summed E-state index contributed by atoms with van der Waals surface area (Å²) in [6.07, 6.45) is 1.80. The van der Waals surface area contributed by atoms with Gasteiger partial charge in [0.25, 0.3) is 0 Å². The van der Waals surface area contributed by atoms with Crippen molar-refractivity contribution in [2.45, 2.75) is 32.7 Å².